The van der Waals surface area contributed by atoms with Gasteiger partial charge in [-0.15, -0.1) is 0 Å². The van der Waals surface area contributed by atoms with Crippen LogP contribution in [-0.4, -0.2) is 51.2 Å². The summed E-state index contributed by atoms with van der Waals surface area (Å²) < 4.78 is 0. The van der Waals surface area contributed by atoms with Crippen molar-refractivity contribution in [1.29, 1.82) is 0 Å². The Labute approximate surface area is 199 Å². The Morgan fingerprint density at radius 3 is 2.38 bits per heavy atom. The molecule has 3 N–H and O–H groups in total. The van der Waals surface area contributed by atoms with Crippen LogP contribution in [0.5, 0.6) is 17.2 Å². The molecular formula is C26H31N3O5. The fraction of sp³-hybridized carbons (Fsp3) is 0.269. The number of carbonyl (C=O) groups excluding carboxylic acids is 1. The van der Waals surface area contributed by atoms with Crippen LogP contribution in [0.2, 0.25) is 0 Å². The van der Waals surface area contributed by atoms with Gasteiger partial charge in [-0.3, -0.25) is 9.79 Å². The van der Waals surface area contributed by atoms with Gasteiger partial charge in [-0.1, -0.05) is 47.6 Å². The number of aliphatic imine (C=N–C) groups is 1. The molecule has 0 radical (unpaired) electrons. The van der Waals surface area contributed by atoms with Crippen LogP contribution in [0, 0.1) is 0 Å². The van der Waals surface area contributed by atoms with Crippen molar-refractivity contribution in [1.82, 2.24) is 4.90 Å². The van der Waals surface area contributed by atoms with Gasteiger partial charge in [0.2, 0.25) is 0 Å². The predicted molar refractivity (Wildman–Crippen MR) is 133 cm³/mol. The molecule has 1 heterocycles. The van der Waals surface area contributed by atoms with Crippen molar-refractivity contribution in [2.45, 2.75) is 33.2 Å². The van der Waals surface area contributed by atoms with Crippen LogP contribution in [0.15, 0.2) is 82.6 Å². The number of amides is 1. The second-order valence-electron chi connectivity index (χ2n) is 7.74. The van der Waals surface area contributed by atoms with Crippen molar-refractivity contribution in [2.24, 2.45) is 10.1 Å². The van der Waals surface area contributed by atoms with Crippen LogP contribution >= 0.6 is 0 Å². The number of para-hydroxylation sites is 1. The smallest absolute Gasteiger partial charge is 0.263 e. The molecule has 2 aromatic rings. The van der Waals surface area contributed by atoms with Gasteiger partial charge in [0.15, 0.2) is 23.9 Å². The Kier molecular flexibility index (Phi) is 10.9. The largest absolute Gasteiger partial charge is 0.504 e. The summed E-state index contributed by atoms with van der Waals surface area (Å²) in [6.45, 7) is 4.68. The average Bonchev–Trinajstić information content (AvgIpc) is 2.79. The number of phenolic OH excluding ortho intramolecular Hbond substituents is 3. The standard InChI is InChI=1S/C20H25N3O2.C6H6O3/c1-17(2)22-25-16-20(24)23(14-18-9-5-3-6-10-18)15-19-11-7-4-8-12-21-13-19;7-4-2-1-3-5(8)6(4)9/h3-6,8-10,12-13H,7,11,14-16H2,1-2H3;1-3,7-9H/b8-4?,19-13+,21-12?;. The van der Waals surface area contributed by atoms with E-state index in [9.17, 15) is 4.79 Å². The van der Waals surface area contributed by atoms with Crippen LogP contribution in [0.3, 0.4) is 0 Å². The molecule has 8 heteroatoms. The SMILES string of the molecule is CC(C)=NOCC(=O)N(C/C1=C/N=CC=CCC1)Cc1ccccc1.Oc1cccc(O)c1O. The van der Waals surface area contributed by atoms with Gasteiger partial charge in [0.1, 0.15) is 0 Å². The number of rotatable bonds is 7. The van der Waals surface area contributed by atoms with Gasteiger partial charge < -0.3 is 25.1 Å². The summed E-state index contributed by atoms with van der Waals surface area (Å²) in [5.41, 5.74) is 2.99. The normalized spacial score (nSPS) is 13.9. The molecule has 0 bridgehead atoms. The molecule has 1 amide bonds. The Morgan fingerprint density at radius 1 is 1.03 bits per heavy atom. The lowest BCUT2D eigenvalue weighted by Crippen LogP contribution is -2.35. The van der Waals surface area contributed by atoms with Crippen molar-refractivity contribution in [3.05, 3.63) is 78.0 Å². The number of benzene rings is 2. The summed E-state index contributed by atoms with van der Waals surface area (Å²) in [5.74, 6) is -1.18. The maximum absolute atomic E-state index is 12.6. The van der Waals surface area contributed by atoms with Crippen LogP contribution in [0.25, 0.3) is 0 Å². The van der Waals surface area contributed by atoms with E-state index in [-0.39, 0.29) is 24.0 Å². The molecule has 0 aliphatic carbocycles. The van der Waals surface area contributed by atoms with Gasteiger partial charge in [-0.05, 0) is 56.0 Å². The maximum atomic E-state index is 12.6. The number of aromatic hydroxyl groups is 3. The van der Waals surface area contributed by atoms with E-state index in [1.54, 1.807) is 11.1 Å². The second kappa shape index (κ2) is 14.2. The van der Waals surface area contributed by atoms with Crippen molar-refractivity contribution in [3.8, 4) is 17.2 Å². The Morgan fingerprint density at radius 2 is 1.74 bits per heavy atom. The number of hydrogen-bond donors (Lipinski definition) is 3. The fourth-order valence-electron chi connectivity index (χ4n) is 2.92. The van der Waals surface area contributed by atoms with Gasteiger partial charge in [-0.2, -0.15) is 0 Å². The number of allylic oxidation sites excluding steroid dienone is 2. The number of hydrogen-bond acceptors (Lipinski definition) is 7. The highest BCUT2D eigenvalue weighted by molar-refractivity contribution is 5.79. The van der Waals surface area contributed by atoms with Crippen LogP contribution in [-0.2, 0) is 16.2 Å². The molecule has 0 atom stereocenters. The molecular weight excluding hydrogens is 434 g/mol. The molecule has 0 aromatic heterocycles. The second-order valence-corrected chi connectivity index (χ2v) is 7.74. The third kappa shape index (κ3) is 9.60. The minimum absolute atomic E-state index is 0.0610. The van der Waals surface area contributed by atoms with Gasteiger partial charge in [0.05, 0.1) is 5.71 Å². The maximum Gasteiger partial charge on any atom is 0.263 e. The van der Waals surface area contributed by atoms with Crippen molar-refractivity contribution >= 4 is 17.8 Å². The zero-order valence-electron chi connectivity index (χ0n) is 19.5. The molecule has 0 fully saturated rings. The number of nitrogens with zero attached hydrogens (tertiary/aromatic N) is 3. The van der Waals surface area contributed by atoms with E-state index in [2.05, 4.69) is 16.2 Å². The highest BCUT2D eigenvalue weighted by atomic mass is 16.6. The first-order valence-corrected chi connectivity index (χ1v) is 10.9. The van der Waals surface area contributed by atoms with Crippen molar-refractivity contribution in [3.63, 3.8) is 0 Å². The van der Waals surface area contributed by atoms with Crippen molar-refractivity contribution in [2.75, 3.05) is 13.2 Å². The zero-order chi connectivity index (χ0) is 24.8. The first-order chi connectivity index (χ1) is 16.4. The van der Waals surface area contributed by atoms with Crippen molar-refractivity contribution < 1.29 is 25.0 Å². The van der Waals surface area contributed by atoms with E-state index in [4.69, 9.17) is 20.2 Å². The summed E-state index contributed by atoms with van der Waals surface area (Å²) in [7, 11) is 0. The van der Waals surface area contributed by atoms with Gasteiger partial charge in [-0.25, -0.2) is 0 Å². The molecule has 3 rings (SSSR count). The van der Waals surface area contributed by atoms with E-state index in [0.29, 0.717) is 13.1 Å². The first kappa shape index (κ1) is 26.2. The lowest BCUT2D eigenvalue weighted by atomic mass is 10.1. The number of oxime groups is 1. The minimum atomic E-state index is -0.475. The van der Waals surface area contributed by atoms with Gasteiger partial charge in [0.25, 0.3) is 5.91 Å². The van der Waals surface area contributed by atoms with E-state index < -0.39 is 5.75 Å². The quantitative estimate of drug-likeness (QED) is 0.316. The average molecular weight is 466 g/mol. The Balaban J connectivity index is 0.000000379. The molecule has 8 nitrogen and oxygen atoms in total. The van der Waals surface area contributed by atoms with E-state index in [0.717, 1.165) is 29.7 Å². The summed E-state index contributed by atoms with van der Waals surface area (Å²) in [5, 5.41) is 29.9. The molecule has 0 spiro atoms. The minimum Gasteiger partial charge on any atom is -0.504 e. The molecule has 1 aliphatic rings. The van der Waals surface area contributed by atoms with E-state index >= 15 is 0 Å². The molecule has 34 heavy (non-hydrogen) atoms. The topological polar surface area (TPSA) is 115 Å². The zero-order valence-corrected chi connectivity index (χ0v) is 19.5. The summed E-state index contributed by atoms with van der Waals surface area (Å²) >= 11 is 0. The first-order valence-electron chi connectivity index (χ1n) is 10.9. The molecule has 180 valence electrons. The highest BCUT2D eigenvalue weighted by Gasteiger charge is 2.16. The Hall–Kier alpha value is -4.07. The third-order valence-corrected chi connectivity index (χ3v) is 4.59. The van der Waals surface area contributed by atoms with E-state index in [1.165, 1.54) is 18.2 Å². The highest BCUT2D eigenvalue weighted by Crippen LogP contribution is 2.32. The molecule has 0 saturated carbocycles. The number of carbonyl (C=O) groups is 1. The van der Waals surface area contributed by atoms with Crippen LogP contribution in [0.1, 0.15) is 32.3 Å². The van der Waals surface area contributed by atoms with E-state index in [1.807, 2.05) is 56.5 Å². The fourth-order valence-corrected chi connectivity index (χ4v) is 2.92. The summed E-state index contributed by atoms with van der Waals surface area (Å²) in [4.78, 5) is 23.8. The monoisotopic (exact) mass is 465 g/mol. The van der Waals surface area contributed by atoms with Crippen LogP contribution < -0.4 is 0 Å². The molecule has 0 saturated heterocycles. The van der Waals surface area contributed by atoms with Gasteiger partial charge in [0, 0.05) is 25.5 Å². The third-order valence-electron chi connectivity index (χ3n) is 4.59. The predicted octanol–water partition coefficient (Wildman–Crippen LogP) is 4.54. The van der Waals surface area contributed by atoms with Gasteiger partial charge >= 0.3 is 0 Å². The molecule has 1 aliphatic heterocycles. The lowest BCUT2D eigenvalue weighted by Gasteiger charge is -2.24. The molecule has 2 aromatic carbocycles. The summed E-state index contributed by atoms with van der Waals surface area (Å²) in [6, 6.07) is 14.0. The molecule has 0 unspecified atom stereocenters. The number of phenols is 3. The lowest BCUT2D eigenvalue weighted by molar-refractivity contribution is -0.136. The van der Waals surface area contributed by atoms with Crippen LogP contribution in [0.4, 0.5) is 0 Å². The Bertz CT molecular complexity index is 1020. The summed E-state index contributed by atoms with van der Waals surface area (Å²) in [6.07, 6.45) is 9.48.